The predicted molar refractivity (Wildman–Crippen MR) is 87.2 cm³/mol. The Morgan fingerprint density at radius 1 is 1.39 bits per heavy atom. The molecule has 0 amide bonds. The van der Waals surface area contributed by atoms with Crippen molar-refractivity contribution in [3.05, 3.63) is 23.3 Å². The summed E-state index contributed by atoms with van der Waals surface area (Å²) in [5.41, 5.74) is 2.79. The first-order valence-electron chi connectivity index (χ1n) is 9.01. The highest BCUT2D eigenvalue weighted by molar-refractivity contribution is 5.61. The first kappa shape index (κ1) is 14.1. The van der Waals surface area contributed by atoms with Crippen LogP contribution in [0, 0.1) is 5.92 Å². The second kappa shape index (κ2) is 4.64. The Bertz CT molecular complexity index is 660. The van der Waals surface area contributed by atoms with Crippen molar-refractivity contribution >= 4 is 0 Å². The van der Waals surface area contributed by atoms with Crippen LogP contribution in [-0.4, -0.2) is 48.5 Å². The number of piperidine rings is 1. The third kappa shape index (κ3) is 1.59. The first-order valence-corrected chi connectivity index (χ1v) is 9.01. The van der Waals surface area contributed by atoms with Crippen LogP contribution in [0.15, 0.2) is 12.1 Å². The minimum Gasteiger partial charge on any atom is -0.490 e. The molecule has 1 spiro atoms. The fourth-order valence-electron chi connectivity index (χ4n) is 5.97. The Hall–Kier alpha value is -1.26. The topological polar surface area (TPSA) is 41.9 Å². The van der Waals surface area contributed by atoms with E-state index in [1.807, 2.05) is 6.92 Å². The highest BCUT2D eigenvalue weighted by Gasteiger charge is 2.65. The summed E-state index contributed by atoms with van der Waals surface area (Å²) in [6.07, 6.45) is 3.70. The highest BCUT2D eigenvalue weighted by atomic mass is 16.5. The molecule has 2 heterocycles. The lowest BCUT2D eigenvalue weighted by Crippen LogP contribution is -2.66. The first-order chi connectivity index (χ1) is 11.2. The van der Waals surface area contributed by atoms with Crippen molar-refractivity contribution in [2.24, 2.45) is 5.92 Å². The van der Waals surface area contributed by atoms with Gasteiger partial charge in [-0.25, -0.2) is 0 Å². The van der Waals surface area contributed by atoms with E-state index in [9.17, 15) is 5.11 Å². The van der Waals surface area contributed by atoms with E-state index in [0.29, 0.717) is 18.6 Å². The largest absolute Gasteiger partial charge is 0.490 e. The standard InChI is InChI=1S/C19H25NO3/c1-3-22-15-7-4-11-10-13-12-5-6-14(21)18-19(12,8-9-20(13)2)16(11)17(15)23-18/h4,7,12-14,18,21H,3,5-6,8-10H2,1-2H3/t12-,13+,14+,18-,19-/m0/s1. The molecule has 4 aliphatic rings. The number of likely N-dealkylation sites (N-methyl/N-ethyl adjacent to an activating group) is 1. The van der Waals surface area contributed by atoms with Crippen molar-refractivity contribution in [1.82, 2.24) is 4.90 Å². The van der Waals surface area contributed by atoms with Crippen LogP contribution in [0.3, 0.4) is 0 Å². The van der Waals surface area contributed by atoms with E-state index in [4.69, 9.17) is 9.47 Å². The van der Waals surface area contributed by atoms with Crippen molar-refractivity contribution in [1.29, 1.82) is 0 Å². The van der Waals surface area contributed by atoms with Crippen LogP contribution >= 0.6 is 0 Å². The molecule has 4 heteroatoms. The van der Waals surface area contributed by atoms with Gasteiger partial charge in [-0.3, -0.25) is 0 Å². The van der Waals surface area contributed by atoms with Gasteiger partial charge in [-0.15, -0.1) is 0 Å². The number of benzene rings is 1. The average molecular weight is 315 g/mol. The third-order valence-corrected chi connectivity index (χ3v) is 6.85. The quantitative estimate of drug-likeness (QED) is 0.908. The van der Waals surface area contributed by atoms with Crippen LogP contribution in [0.5, 0.6) is 11.5 Å². The highest BCUT2D eigenvalue weighted by Crippen LogP contribution is 2.63. The number of rotatable bonds is 2. The van der Waals surface area contributed by atoms with E-state index in [2.05, 4.69) is 24.1 Å². The smallest absolute Gasteiger partial charge is 0.165 e. The van der Waals surface area contributed by atoms with Crippen molar-refractivity contribution in [3.63, 3.8) is 0 Å². The van der Waals surface area contributed by atoms with E-state index in [1.165, 1.54) is 11.1 Å². The van der Waals surface area contributed by atoms with Crippen LogP contribution in [0.2, 0.25) is 0 Å². The summed E-state index contributed by atoms with van der Waals surface area (Å²) in [6.45, 7) is 3.74. The van der Waals surface area contributed by atoms with Crippen molar-refractivity contribution in [2.75, 3.05) is 20.2 Å². The molecule has 0 aromatic heterocycles. The number of hydrogen-bond donors (Lipinski definition) is 1. The van der Waals surface area contributed by atoms with Gasteiger partial charge in [0.2, 0.25) is 0 Å². The van der Waals surface area contributed by atoms with Gasteiger partial charge in [-0.2, -0.15) is 0 Å². The lowest BCUT2D eigenvalue weighted by Gasteiger charge is -2.58. The molecule has 2 fully saturated rings. The fraction of sp³-hybridized carbons (Fsp3) is 0.684. The summed E-state index contributed by atoms with van der Waals surface area (Å²) in [5.74, 6) is 2.39. The summed E-state index contributed by atoms with van der Waals surface area (Å²) in [4.78, 5) is 2.53. The number of likely N-dealkylation sites (tertiary alicyclic amines) is 1. The molecule has 5 atom stereocenters. The van der Waals surface area contributed by atoms with Crippen LogP contribution in [0.25, 0.3) is 0 Å². The summed E-state index contributed by atoms with van der Waals surface area (Å²) in [5, 5.41) is 10.7. The zero-order valence-electron chi connectivity index (χ0n) is 13.9. The zero-order valence-corrected chi connectivity index (χ0v) is 13.9. The zero-order chi connectivity index (χ0) is 15.8. The SMILES string of the molecule is CCOc1ccc2c3c1O[C@H]1[C@H](O)CC[C@H]4[C@@H](C2)N(C)CC[C@@]341. The molecule has 4 nitrogen and oxygen atoms in total. The third-order valence-electron chi connectivity index (χ3n) is 6.85. The summed E-state index contributed by atoms with van der Waals surface area (Å²) < 4.78 is 12.3. The summed E-state index contributed by atoms with van der Waals surface area (Å²) in [7, 11) is 2.26. The Morgan fingerprint density at radius 3 is 3.09 bits per heavy atom. The molecule has 23 heavy (non-hydrogen) atoms. The van der Waals surface area contributed by atoms with Crippen LogP contribution < -0.4 is 9.47 Å². The van der Waals surface area contributed by atoms with Crippen LogP contribution in [0.1, 0.15) is 37.3 Å². The summed E-state index contributed by atoms with van der Waals surface area (Å²) >= 11 is 0. The molecular weight excluding hydrogens is 290 g/mol. The number of hydrogen-bond acceptors (Lipinski definition) is 4. The molecule has 2 aliphatic carbocycles. The fourth-order valence-corrected chi connectivity index (χ4v) is 5.97. The molecule has 124 valence electrons. The van der Waals surface area contributed by atoms with Gasteiger partial charge in [0.05, 0.1) is 12.7 Å². The Morgan fingerprint density at radius 2 is 2.26 bits per heavy atom. The van der Waals surface area contributed by atoms with Crippen molar-refractivity contribution in [2.45, 2.75) is 56.3 Å². The molecule has 2 bridgehead atoms. The van der Waals surface area contributed by atoms with Gasteiger partial charge in [-0.05, 0) is 63.7 Å². The molecular formula is C19H25NO3. The molecule has 5 rings (SSSR count). The number of aliphatic hydroxyl groups excluding tert-OH is 1. The Labute approximate surface area is 137 Å². The number of ether oxygens (including phenoxy) is 2. The van der Waals surface area contributed by atoms with Crippen LogP contribution in [0.4, 0.5) is 0 Å². The number of nitrogens with zero attached hydrogens (tertiary/aromatic N) is 1. The van der Waals surface area contributed by atoms with E-state index in [0.717, 1.165) is 43.7 Å². The van der Waals surface area contributed by atoms with E-state index >= 15 is 0 Å². The average Bonchev–Trinajstić information content (AvgIpc) is 2.90. The molecule has 1 aromatic rings. The predicted octanol–water partition coefficient (Wildman–Crippen LogP) is 2.12. The second-order valence-electron chi connectivity index (χ2n) is 7.69. The molecule has 0 radical (unpaired) electrons. The van der Waals surface area contributed by atoms with E-state index in [1.54, 1.807) is 0 Å². The number of aliphatic hydroxyl groups is 1. The Kier molecular flexibility index (Phi) is 2.85. The molecule has 1 N–H and O–H groups in total. The van der Waals surface area contributed by atoms with Crippen molar-refractivity contribution in [3.8, 4) is 11.5 Å². The normalized spacial score (nSPS) is 40.5. The van der Waals surface area contributed by atoms with Crippen LogP contribution in [-0.2, 0) is 11.8 Å². The van der Waals surface area contributed by atoms with Gasteiger partial charge in [0, 0.05) is 17.0 Å². The lowest BCUT2D eigenvalue weighted by atomic mass is 9.51. The van der Waals surface area contributed by atoms with Gasteiger partial charge < -0.3 is 19.5 Å². The monoisotopic (exact) mass is 315 g/mol. The maximum atomic E-state index is 10.7. The second-order valence-corrected chi connectivity index (χ2v) is 7.69. The molecule has 0 unspecified atom stereocenters. The van der Waals surface area contributed by atoms with Gasteiger partial charge in [0.25, 0.3) is 0 Å². The molecule has 2 aliphatic heterocycles. The molecule has 1 saturated heterocycles. The van der Waals surface area contributed by atoms with Gasteiger partial charge in [-0.1, -0.05) is 6.07 Å². The van der Waals surface area contributed by atoms with Gasteiger partial charge >= 0.3 is 0 Å². The minimum absolute atomic E-state index is 0.00483. The molecule has 1 aromatic carbocycles. The van der Waals surface area contributed by atoms with E-state index < -0.39 is 0 Å². The van der Waals surface area contributed by atoms with Crippen molar-refractivity contribution < 1.29 is 14.6 Å². The van der Waals surface area contributed by atoms with Gasteiger partial charge in [0.1, 0.15) is 6.10 Å². The summed E-state index contributed by atoms with van der Waals surface area (Å²) in [6, 6.07) is 4.88. The van der Waals surface area contributed by atoms with Gasteiger partial charge in [0.15, 0.2) is 11.5 Å². The maximum Gasteiger partial charge on any atom is 0.165 e. The maximum absolute atomic E-state index is 10.7. The lowest BCUT2D eigenvalue weighted by molar-refractivity contribution is -0.0993. The molecule has 1 saturated carbocycles. The van der Waals surface area contributed by atoms with E-state index in [-0.39, 0.29) is 17.6 Å². The minimum atomic E-state index is -0.358. The Balaban J connectivity index is 1.75.